The third-order valence-corrected chi connectivity index (χ3v) is 2.81. The first-order valence-corrected chi connectivity index (χ1v) is 6.23. The summed E-state index contributed by atoms with van der Waals surface area (Å²) in [4.78, 5) is 13.9. The Bertz CT molecular complexity index is 376. The molecule has 0 spiro atoms. The normalized spacial score (nSPS) is 12.2. The van der Waals surface area contributed by atoms with E-state index in [4.69, 9.17) is 5.73 Å². The van der Waals surface area contributed by atoms with E-state index < -0.39 is 0 Å². The van der Waals surface area contributed by atoms with Gasteiger partial charge in [-0.15, -0.1) is 0 Å². The summed E-state index contributed by atoms with van der Waals surface area (Å²) in [6.07, 6.45) is 1.67. The minimum absolute atomic E-state index is 0.0138. The highest BCUT2D eigenvalue weighted by Gasteiger charge is 2.20. The molecule has 0 aliphatic rings. The van der Waals surface area contributed by atoms with Crippen molar-refractivity contribution in [2.75, 3.05) is 11.4 Å². The van der Waals surface area contributed by atoms with Crippen molar-refractivity contribution in [1.29, 1.82) is 0 Å². The number of likely N-dealkylation sites (N-methyl/N-ethyl adjacent to an activating group) is 1. The van der Waals surface area contributed by atoms with Crippen LogP contribution in [0.4, 0.5) is 5.69 Å². The Kier molecular flexibility index (Phi) is 5.16. The number of nitrogens with two attached hydrogens (primary N) is 1. The quantitative estimate of drug-likeness (QED) is 0.850. The van der Waals surface area contributed by atoms with Gasteiger partial charge in [0.05, 0.1) is 6.04 Å². The Balaban J connectivity index is 2.88. The summed E-state index contributed by atoms with van der Waals surface area (Å²) >= 11 is 0. The molecular weight excluding hydrogens is 212 g/mol. The number of amides is 1. The molecule has 94 valence electrons. The molecule has 1 unspecified atom stereocenters. The number of benzene rings is 1. The van der Waals surface area contributed by atoms with E-state index >= 15 is 0 Å². The van der Waals surface area contributed by atoms with Crippen LogP contribution in [-0.2, 0) is 4.79 Å². The first-order valence-electron chi connectivity index (χ1n) is 6.23. The van der Waals surface area contributed by atoms with Crippen molar-refractivity contribution in [3.8, 4) is 0 Å². The summed E-state index contributed by atoms with van der Waals surface area (Å²) < 4.78 is 0. The Labute approximate surface area is 104 Å². The molecule has 0 heterocycles. The standard InChI is InChI=1S/C14H22N2O/c1-4-7-13(15)14(17)16(5-2)12-9-6-8-11(3)10-12/h6,8-10,13H,4-5,7,15H2,1-3H3. The summed E-state index contributed by atoms with van der Waals surface area (Å²) in [5.74, 6) is 0.0138. The van der Waals surface area contributed by atoms with Crippen molar-refractivity contribution in [2.24, 2.45) is 5.73 Å². The van der Waals surface area contributed by atoms with Gasteiger partial charge in [-0.2, -0.15) is 0 Å². The Hall–Kier alpha value is -1.35. The highest BCUT2D eigenvalue weighted by atomic mass is 16.2. The molecule has 2 N–H and O–H groups in total. The number of rotatable bonds is 5. The van der Waals surface area contributed by atoms with Crippen molar-refractivity contribution in [1.82, 2.24) is 0 Å². The minimum atomic E-state index is -0.388. The molecule has 0 saturated carbocycles. The highest BCUT2D eigenvalue weighted by molar-refractivity contribution is 5.97. The molecule has 0 fully saturated rings. The van der Waals surface area contributed by atoms with Crippen LogP contribution in [0.15, 0.2) is 24.3 Å². The molecule has 1 atom stereocenters. The van der Waals surface area contributed by atoms with Crippen molar-refractivity contribution in [3.63, 3.8) is 0 Å². The van der Waals surface area contributed by atoms with E-state index in [0.717, 1.165) is 24.1 Å². The Morgan fingerprint density at radius 3 is 2.65 bits per heavy atom. The van der Waals surface area contributed by atoms with Gasteiger partial charge in [0.1, 0.15) is 0 Å². The third kappa shape index (κ3) is 3.56. The second-order valence-corrected chi connectivity index (χ2v) is 4.32. The van der Waals surface area contributed by atoms with Gasteiger partial charge in [0, 0.05) is 12.2 Å². The monoisotopic (exact) mass is 234 g/mol. The van der Waals surface area contributed by atoms with Crippen molar-refractivity contribution in [2.45, 2.75) is 39.7 Å². The Morgan fingerprint density at radius 1 is 1.41 bits per heavy atom. The summed E-state index contributed by atoms with van der Waals surface area (Å²) in [6, 6.07) is 7.56. The fourth-order valence-electron chi connectivity index (χ4n) is 1.90. The van der Waals surface area contributed by atoms with Gasteiger partial charge in [-0.25, -0.2) is 0 Å². The van der Waals surface area contributed by atoms with Crippen LogP contribution in [-0.4, -0.2) is 18.5 Å². The van der Waals surface area contributed by atoms with Crippen molar-refractivity contribution in [3.05, 3.63) is 29.8 Å². The predicted molar refractivity (Wildman–Crippen MR) is 72.1 cm³/mol. The van der Waals surface area contributed by atoms with Crippen LogP contribution < -0.4 is 10.6 Å². The fourth-order valence-corrected chi connectivity index (χ4v) is 1.90. The second-order valence-electron chi connectivity index (χ2n) is 4.32. The molecule has 1 aromatic rings. The lowest BCUT2D eigenvalue weighted by atomic mass is 10.1. The van der Waals surface area contributed by atoms with Gasteiger partial charge in [-0.1, -0.05) is 25.5 Å². The zero-order chi connectivity index (χ0) is 12.8. The van der Waals surface area contributed by atoms with Gasteiger partial charge in [-0.3, -0.25) is 4.79 Å². The molecule has 0 saturated heterocycles. The van der Waals surface area contributed by atoms with Crippen molar-refractivity contribution < 1.29 is 4.79 Å². The molecular formula is C14H22N2O. The SMILES string of the molecule is CCCC(N)C(=O)N(CC)c1cccc(C)c1. The number of carbonyl (C=O) groups is 1. The molecule has 1 rings (SSSR count). The molecule has 0 aromatic heterocycles. The minimum Gasteiger partial charge on any atom is -0.320 e. The lowest BCUT2D eigenvalue weighted by Gasteiger charge is -2.24. The van der Waals surface area contributed by atoms with E-state index in [1.165, 1.54) is 0 Å². The van der Waals surface area contributed by atoms with Crippen LogP contribution in [0.25, 0.3) is 0 Å². The second kappa shape index (κ2) is 6.40. The zero-order valence-corrected chi connectivity index (χ0v) is 10.9. The molecule has 0 radical (unpaired) electrons. The zero-order valence-electron chi connectivity index (χ0n) is 10.9. The average Bonchev–Trinajstić information content (AvgIpc) is 2.30. The van der Waals surface area contributed by atoms with Crippen molar-refractivity contribution >= 4 is 11.6 Å². The van der Waals surface area contributed by atoms with Crippen LogP contribution in [0.1, 0.15) is 32.3 Å². The third-order valence-electron chi connectivity index (χ3n) is 2.81. The van der Waals surface area contributed by atoms with Crippen LogP contribution >= 0.6 is 0 Å². The van der Waals surface area contributed by atoms with Crippen LogP contribution in [0.5, 0.6) is 0 Å². The lowest BCUT2D eigenvalue weighted by molar-refractivity contribution is -0.119. The number of anilines is 1. The van der Waals surface area contributed by atoms with Gasteiger partial charge in [0.15, 0.2) is 0 Å². The maximum absolute atomic E-state index is 12.2. The Morgan fingerprint density at radius 2 is 2.12 bits per heavy atom. The maximum atomic E-state index is 12.2. The van der Waals surface area contributed by atoms with Gasteiger partial charge < -0.3 is 10.6 Å². The molecule has 0 bridgehead atoms. The van der Waals surface area contributed by atoms with E-state index in [9.17, 15) is 4.79 Å². The summed E-state index contributed by atoms with van der Waals surface area (Å²) in [7, 11) is 0. The largest absolute Gasteiger partial charge is 0.320 e. The van der Waals surface area contributed by atoms with Gasteiger partial charge in [0.25, 0.3) is 0 Å². The van der Waals surface area contributed by atoms with Gasteiger partial charge >= 0.3 is 0 Å². The number of aryl methyl sites for hydroxylation is 1. The van der Waals surface area contributed by atoms with E-state index in [-0.39, 0.29) is 11.9 Å². The van der Waals surface area contributed by atoms with Gasteiger partial charge in [-0.05, 0) is 38.0 Å². The summed E-state index contributed by atoms with van der Waals surface area (Å²) in [5.41, 5.74) is 7.97. The number of hydrogen-bond donors (Lipinski definition) is 1. The maximum Gasteiger partial charge on any atom is 0.243 e. The van der Waals surface area contributed by atoms with Crippen LogP contribution in [0.3, 0.4) is 0 Å². The first-order chi connectivity index (χ1) is 8.10. The molecule has 0 aliphatic heterocycles. The number of hydrogen-bond acceptors (Lipinski definition) is 2. The van der Waals surface area contributed by atoms with E-state index in [0.29, 0.717) is 6.54 Å². The number of carbonyl (C=O) groups excluding carboxylic acids is 1. The summed E-state index contributed by atoms with van der Waals surface area (Å²) in [6.45, 7) is 6.68. The highest BCUT2D eigenvalue weighted by Crippen LogP contribution is 2.17. The fraction of sp³-hybridized carbons (Fsp3) is 0.500. The van der Waals surface area contributed by atoms with Crippen LogP contribution in [0, 0.1) is 6.92 Å². The molecule has 17 heavy (non-hydrogen) atoms. The molecule has 3 heteroatoms. The number of nitrogens with zero attached hydrogens (tertiary/aromatic N) is 1. The molecule has 1 amide bonds. The van der Waals surface area contributed by atoms with E-state index in [1.807, 2.05) is 45.0 Å². The molecule has 3 nitrogen and oxygen atoms in total. The first kappa shape index (κ1) is 13.7. The smallest absolute Gasteiger partial charge is 0.243 e. The molecule has 1 aromatic carbocycles. The summed E-state index contributed by atoms with van der Waals surface area (Å²) in [5, 5.41) is 0. The molecule has 0 aliphatic carbocycles. The van der Waals surface area contributed by atoms with E-state index in [2.05, 4.69) is 0 Å². The average molecular weight is 234 g/mol. The predicted octanol–water partition coefficient (Wildman–Crippen LogP) is 2.48. The van der Waals surface area contributed by atoms with Crippen LogP contribution in [0.2, 0.25) is 0 Å². The van der Waals surface area contributed by atoms with E-state index in [1.54, 1.807) is 4.90 Å². The lowest BCUT2D eigenvalue weighted by Crippen LogP contribution is -2.43. The topological polar surface area (TPSA) is 46.3 Å². The van der Waals surface area contributed by atoms with Gasteiger partial charge in [0.2, 0.25) is 5.91 Å².